The predicted octanol–water partition coefficient (Wildman–Crippen LogP) is 5.82. The molecule has 4 heterocycles. The Kier molecular flexibility index (Phi) is 7.01. The van der Waals surface area contributed by atoms with Gasteiger partial charge in [0.05, 0.1) is 47.4 Å². The van der Waals surface area contributed by atoms with E-state index in [4.69, 9.17) is 9.72 Å². The van der Waals surface area contributed by atoms with Crippen molar-refractivity contribution in [1.82, 2.24) is 20.2 Å². The van der Waals surface area contributed by atoms with Crippen LogP contribution in [0, 0.1) is 5.82 Å². The number of ether oxygens (including phenoxy) is 1. The standard InChI is InChI=1S/C33H29FN4O4S/c1-2-42-33(41)26-23(16-18-9-12-20(34)13-10-18)36-29-24-8-5-15-38(24)32(40)28(29)27(26)31-35-17-25(43-31)30(39)37-22-14-11-19-6-3-4-7-21(19)22/h3-4,6-7,9-10,12-13,17,22,24H,2,5,8,11,14-16H2,1H3,(H,37,39)/t22-,24+/m1/s1. The monoisotopic (exact) mass is 596 g/mol. The van der Waals surface area contributed by atoms with Gasteiger partial charge in [0.2, 0.25) is 0 Å². The van der Waals surface area contributed by atoms with E-state index in [-0.39, 0.29) is 48.3 Å². The Hall–Kier alpha value is -4.44. The van der Waals surface area contributed by atoms with Crippen LogP contribution in [0.4, 0.5) is 4.39 Å². The summed E-state index contributed by atoms with van der Waals surface area (Å²) in [6.07, 6.45) is 5.09. The number of aromatic nitrogens is 2. The molecule has 1 aliphatic carbocycles. The van der Waals surface area contributed by atoms with Gasteiger partial charge in [0.1, 0.15) is 15.7 Å². The van der Waals surface area contributed by atoms with E-state index in [0.29, 0.717) is 38.9 Å². The van der Waals surface area contributed by atoms with Crippen molar-refractivity contribution >= 4 is 29.1 Å². The summed E-state index contributed by atoms with van der Waals surface area (Å²) in [4.78, 5) is 52.5. The van der Waals surface area contributed by atoms with Crippen LogP contribution in [0.3, 0.4) is 0 Å². The molecule has 0 spiro atoms. The SMILES string of the molecule is CCOC(=O)c1c(Cc2ccc(F)cc2)nc2c(c1-c1ncc(C(=O)N[C@@H]3CCc4ccccc43)s1)C(=O)N1CCC[C@@H]21. The first-order valence-electron chi connectivity index (χ1n) is 14.6. The van der Waals surface area contributed by atoms with Crippen LogP contribution in [0.25, 0.3) is 10.6 Å². The number of carbonyl (C=O) groups is 3. The van der Waals surface area contributed by atoms with E-state index in [1.165, 1.54) is 23.9 Å². The van der Waals surface area contributed by atoms with E-state index in [1.54, 1.807) is 24.0 Å². The summed E-state index contributed by atoms with van der Waals surface area (Å²) in [5.74, 6) is -1.43. The molecule has 2 aromatic carbocycles. The number of fused-ring (bicyclic) bond motifs is 4. The Morgan fingerprint density at radius 3 is 2.74 bits per heavy atom. The summed E-state index contributed by atoms with van der Waals surface area (Å²) in [5, 5.41) is 3.52. The van der Waals surface area contributed by atoms with Crippen molar-refractivity contribution in [3.8, 4) is 10.6 Å². The van der Waals surface area contributed by atoms with Gasteiger partial charge in [-0.3, -0.25) is 14.6 Å². The maximum absolute atomic E-state index is 13.8. The lowest BCUT2D eigenvalue weighted by atomic mass is 9.94. The molecule has 1 fully saturated rings. The normalized spacial score (nSPS) is 18.4. The van der Waals surface area contributed by atoms with Crippen molar-refractivity contribution in [2.45, 2.75) is 51.1 Å². The van der Waals surface area contributed by atoms with Crippen molar-refractivity contribution in [3.63, 3.8) is 0 Å². The molecule has 2 atom stereocenters. The van der Waals surface area contributed by atoms with Gasteiger partial charge in [0.15, 0.2) is 0 Å². The van der Waals surface area contributed by atoms with E-state index in [2.05, 4.69) is 16.4 Å². The first-order chi connectivity index (χ1) is 20.9. The second kappa shape index (κ2) is 11.0. The fraction of sp³-hybridized carbons (Fsp3) is 0.303. The number of aryl methyl sites for hydroxylation is 1. The minimum atomic E-state index is -0.617. The van der Waals surface area contributed by atoms with Gasteiger partial charge in [-0.15, -0.1) is 11.3 Å². The first-order valence-corrected chi connectivity index (χ1v) is 15.4. The number of nitrogens with one attached hydrogen (secondary N) is 1. The molecule has 0 radical (unpaired) electrons. The summed E-state index contributed by atoms with van der Waals surface area (Å²) >= 11 is 1.14. The van der Waals surface area contributed by atoms with E-state index in [0.717, 1.165) is 48.1 Å². The van der Waals surface area contributed by atoms with E-state index in [9.17, 15) is 18.8 Å². The Morgan fingerprint density at radius 2 is 1.93 bits per heavy atom. The van der Waals surface area contributed by atoms with Crippen LogP contribution in [0.15, 0.2) is 54.7 Å². The van der Waals surface area contributed by atoms with Gasteiger partial charge in [-0.05, 0) is 61.4 Å². The number of amides is 2. The number of esters is 1. The van der Waals surface area contributed by atoms with Gasteiger partial charge in [0, 0.05) is 18.5 Å². The van der Waals surface area contributed by atoms with E-state index < -0.39 is 5.97 Å². The second-order valence-corrected chi connectivity index (χ2v) is 12.1. The lowest BCUT2D eigenvalue weighted by Crippen LogP contribution is -2.26. The topological polar surface area (TPSA) is 101 Å². The van der Waals surface area contributed by atoms with Crippen molar-refractivity contribution in [1.29, 1.82) is 0 Å². The number of rotatable bonds is 7. The third-order valence-corrected chi connectivity index (χ3v) is 9.50. The van der Waals surface area contributed by atoms with Crippen LogP contribution >= 0.6 is 11.3 Å². The molecule has 1 N–H and O–H groups in total. The molecule has 2 aromatic heterocycles. The number of hydrogen-bond donors (Lipinski definition) is 1. The van der Waals surface area contributed by atoms with Gasteiger partial charge in [0.25, 0.3) is 11.8 Å². The van der Waals surface area contributed by atoms with E-state index >= 15 is 0 Å². The summed E-state index contributed by atoms with van der Waals surface area (Å²) in [6, 6.07) is 13.9. The molecule has 218 valence electrons. The fourth-order valence-electron chi connectivity index (χ4n) is 6.54. The van der Waals surface area contributed by atoms with Crippen LogP contribution in [-0.4, -0.2) is 45.8 Å². The van der Waals surface area contributed by atoms with Gasteiger partial charge in [-0.1, -0.05) is 36.4 Å². The summed E-state index contributed by atoms with van der Waals surface area (Å²) < 4.78 is 19.2. The highest BCUT2D eigenvalue weighted by Gasteiger charge is 2.45. The average molecular weight is 597 g/mol. The number of thiazole rings is 1. The molecule has 2 amide bonds. The van der Waals surface area contributed by atoms with Crippen LogP contribution in [0.5, 0.6) is 0 Å². The number of halogens is 1. The molecule has 3 aliphatic rings. The molecule has 0 bridgehead atoms. The number of nitrogens with zero attached hydrogens (tertiary/aromatic N) is 3. The molecule has 0 unspecified atom stereocenters. The fourth-order valence-corrected chi connectivity index (χ4v) is 7.42. The Labute approximate surface area is 251 Å². The number of hydrogen-bond acceptors (Lipinski definition) is 7. The molecule has 7 rings (SSSR count). The first kappa shape index (κ1) is 27.4. The molecule has 43 heavy (non-hydrogen) atoms. The van der Waals surface area contributed by atoms with Crippen molar-refractivity contribution in [3.05, 3.63) is 105 Å². The molecular formula is C33H29FN4O4S. The minimum absolute atomic E-state index is 0.0921. The van der Waals surface area contributed by atoms with Crippen LogP contribution in [0.2, 0.25) is 0 Å². The third kappa shape index (κ3) is 4.79. The van der Waals surface area contributed by atoms with Gasteiger partial charge < -0.3 is 15.0 Å². The molecule has 1 saturated heterocycles. The van der Waals surface area contributed by atoms with Gasteiger partial charge in [-0.2, -0.15) is 0 Å². The van der Waals surface area contributed by atoms with Gasteiger partial charge in [-0.25, -0.2) is 14.2 Å². The Bertz CT molecular complexity index is 1770. The molecule has 0 saturated carbocycles. The third-order valence-electron chi connectivity index (χ3n) is 8.49. The lowest BCUT2D eigenvalue weighted by molar-refractivity contribution is 0.0525. The Morgan fingerprint density at radius 1 is 1.12 bits per heavy atom. The largest absolute Gasteiger partial charge is 0.462 e. The van der Waals surface area contributed by atoms with Crippen molar-refractivity contribution in [2.75, 3.05) is 13.2 Å². The van der Waals surface area contributed by atoms with Crippen molar-refractivity contribution < 1.29 is 23.5 Å². The average Bonchev–Trinajstić information content (AvgIpc) is 3.80. The molecular weight excluding hydrogens is 567 g/mol. The molecule has 8 nitrogen and oxygen atoms in total. The van der Waals surface area contributed by atoms with Crippen LogP contribution < -0.4 is 5.32 Å². The zero-order chi connectivity index (χ0) is 29.7. The predicted molar refractivity (Wildman–Crippen MR) is 158 cm³/mol. The molecule has 10 heteroatoms. The number of carbonyl (C=O) groups excluding carboxylic acids is 3. The molecule has 2 aliphatic heterocycles. The highest BCUT2D eigenvalue weighted by atomic mass is 32.1. The summed E-state index contributed by atoms with van der Waals surface area (Å²) in [6.45, 7) is 2.45. The number of benzene rings is 2. The Balaban J connectivity index is 1.33. The quantitative estimate of drug-likeness (QED) is 0.270. The lowest BCUT2D eigenvalue weighted by Gasteiger charge is -2.17. The summed E-state index contributed by atoms with van der Waals surface area (Å²) in [5.41, 5.74) is 5.03. The highest BCUT2D eigenvalue weighted by molar-refractivity contribution is 7.17. The summed E-state index contributed by atoms with van der Waals surface area (Å²) in [7, 11) is 0. The highest BCUT2D eigenvalue weighted by Crippen LogP contribution is 2.46. The van der Waals surface area contributed by atoms with E-state index in [1.807, 2.05) is 18.2 Å². The molecule has 4 aromatic rings. The second-order valence-electron chi connectivity index (χ2n) is 11.0. The maximum Gasteiger partial charge on any atom is 0.340 e. The van der Waals surface area contributed by atoms with Gasteiger partial charge >= 0.3 is 5.97 Å². The minimum Gasteiger partial charge on any atom is -0.462 e. The van der Waals surface area contributed by atoms with Crippen LogP contribution in [-0.2, 0) is 17.6 Å². The zero-order valence-corrected chi connectivity index (χ0v) is 24.4. The smallest absolute Gasteiger partial charge is 0.340 e. The zero-order valence-electron chi connectivity index (χ0n) is 23.6. The van der Waals surface area contributed by atoms with Crippen molar-refractivity contribution in [2.24, 2.45) is 0 Å². The number of pyridine rings is 1. The van der Waals surface area contributed by atoms with Crippen LogP contribution in [0.1, 0.15) is 96.7 Å². The maximum atomic E-state index is 13.8.